The highest BCUT2D eigenvalue weighted by Crippen LogP contribution is 2.20. The molecule has 1 aromatic carbocycles. The summed E-state index contributed by atoms with van der Waals surface area (Å²) >= 11 is 5.78. The molecule has 0 fully saturated rings. The summed E-state index contributed by atoms with van der Waals surface area (Å²) in [6, 6.07) is 4.50. The molecule has 18 heavy (non-hydrogen) atoms. The van der Waals surface area contributed by atoms with Crippen LogP contribution in [-0.4, -0.2) is 19.7 Å². The number of hydrogen-bond donors (Lipinski definition) is 0. The molecule has 3 rings (SSSR count). The zero-order valence-corrected chi connectivity index (χ0v) is 10.2. The topological polar surface area (TPSA) is 43.6 Å². The van der Waals surface area contributed by atoms with Gasteiger partial charge in [-0.2, -0.15) is 10.1 Å². The molecule has 6 heteroatoms. The van der Waals surface area contributed by atoms with Crippen molar-refractivity contribution in [1.29, 1.82) is 0 Å². The van der Waals surface area contributed by atoms with Crippen LogP contribution < -0.4 is 0 Å². The van der Waals surface area contributed by atoms with E-state index in [1.807, 2.05) is 6.92 Å². The lowest BCUT2D eigenvalue weighted by Gasteiger charge is -2.06. The minimum absolute atomic E-state index is 0.156. The molecule has 0 unspecified atom stereocenters. The number of fused-ring (bicyclic) bond motifs is 1. The largest absolute Gasteiger partial charge is 0.226 e. The van der Waals surface area contributed by atoms with E-state index < -0.39 is 0 Å². The lowest BCUT2D eigenvalue weighted by atomic mass is 10.2. The number of hydrogen-bond acceptors (Lipinski definition) is 3. The van der Waals surface area contributed by atoms with Crippen LogP contribution in [0.15, 0.2) is 30.6 Å². The van der Waals surface area contributed by atoms with Crippen LogP contribution in [0.4, 0.5) is 4.39 Å². The third-order valence-corrected chi connectivity index (χ3v) is 2.85. The quantitative estimate of drug-likeness (QED) is 0.634. The van der Waals surface area contributed by atoms with Gasteiger partial charge in [0, 0.05) is 6.20 Å². The summed E-state index contributed by atoms with van der Waals surface area (Å²) in [5.41, 5.74) is 2.14. The van der Waals surface area contributed by atoms with E-state index in [2.05, 4.69) is 15.1 Å². The lowest BCUT2D eigenvalue weighted by Crippen LogP contribution is -2.01. The Morgan fingerprint density at radius 3 is 2.89 bits per heavy atom. The zero-order chi connectivity index (χ0) is 12.7. The molecule has 0 radical (unpaired) electrons. The molecule has 0 spiro atoms. The Balaban J connectivity index is 2.28. The molecular weight excluding hydrogens is 255 g/mol. The van der Waals surface area contributed by atoms with Gasteiger partial charge in [0.2, 0.25) is 5.28 Å². The Labute approximate surface area is 107 Å². The third kappa shape index (κ3) is 1.73. The summed E-state index contributed by atoms with van der Waals surface area (Å²) in [6.07, 6.45) is 3.25. The lowest BCUT2D eigenvalue weighted by molar-refractivity contribution is 0.625. The van der Waals surface area contributed by atoms with E-state index in [4.69, 9.17) is 11.6 Å². The van der Waals surface area contributed by atoms with Crippen molar-refractivity contribution in [2.24, 2.45) is 0 Å². The van der Waals surface area contributed by atoms with E-state index in [9.17, 15) is 4.39 Å². The van der Waals surface area contributed by atoms with Crippen LogP contribution in [0.2, 0.25) is 5.28 Å². The van der Waals surface area contributed by atoms with E-state index in [1.165, 1.54) is 12.1 Å². The number of nitrogens with zero attached hydrogens (tertiary/aromatic N) is 4. The monoisotopic (exact) mass is 262 g/mol. The van der Waals surface area contributed by atoms with Crippen molar-refractivity contribution in [2.45, 2.75) is 6.92 Å². The molecule has 0 aliphatic heterocycles. The van der Waals surface area contributed by atoms with Crippen LogP contribution in [0.25, 0.3) is 16.7 Å². The number of aryl methyl sites for hydroxylation is 1. The standard InChI is InChI=1S/C12H8ClFN4/c1-7-4-9(14)2-3-10(7)18-11-8(6-16-18)5-15-12(13)17-11/h2-6H,1H3. The Hall–Kier alpha value is -2.01. The van der Waals surface area contributed by atoms with Gasteiger partial charge in [0.1, 0.15) is 5.82 Å². The van der Waals surface area contributed by atoms with Gasteiger partial charge >= 0.3 is 0 Å². The fourth-order valence-corrected chi connectivity index (χ4v) is 1.96. The molecular formula is C12H8ClFN4. The maximum absolute atomic E-state index is 13.1. The van der Waals surface area contributed by atoms with Crippen molar-refractivity contribution in [3.63, 3.8) is 0 Å². The highest BCUT2D eigenvalue weighted by atomic mass is 35.5. The Morgan fingerprint density at radius 1 is 1.28 bits per heavy atom. The molecule has 0 atom stereocenters. The van der Waals surface area contributed by atoms with Crippen LogP contribution in [-0.2, 0) is 0 Å². The summed E-state index contributed by atoms with van der Waals surface area (Å²) in [5.74, 6) is -0.277. The summed E-state index contributed by atoms with van der Waals surface area (Å²) in [7, 11) is 0. The van der Waals surface area contributed by atoms with Gasteiger partial charge in [-0.25, -0.2) is 14.1 Å². The number of benzene rings is 1. The molecule has 0 amide bonds. The predicted molar refractivity (Wildman–Crippen MR) is 66.4 cm³/mol. The maximum atomic E-state index is 13.1. The molecule has 3 aromatic rings. The second kappa shape index (κ2) is 4.03. The smallest absolute Gasteiger partial charge is 0.224 e. The van der Waals surface area contributed by atoms with Gasteiger partial charge < -0.3 is 0 Å². The number of aromatic nitrogens is 4. The molecule has 2 aromatic heterocycles. The summed E-state index contributed by atoms with van der Waals surface area (Å²) in [6.45, 7) is 1.81. The molecule has 0 aliphatic carbocycles. The van der Waals surface area contributed by atoms with Crippen LogP contribution in [0.5, 0.6) is 0 Å². The molecule has 0 N–H and O–H groups in total. The first-order valence-electron chi connectivity index (χ1n) is 5.28. The Kier molecular flexibility index (Phi) is 2.48. The van der Waals surface area contributed by atoms with Crippen molar-refractivity contribution in [3.8, 4) is 5.69 Å². The van der Waals surface area contributed by atoms with Crippen LogP contribution in [0.1, 0.15) is 5.56 Å². The van der Waals surface area contributed by atoms with E-state index in [0.29, 0.717) is 5.65 Å². The average Bonchev–Trinajstić information content (AvgIpc) is 2.72. The molecule has 0 saturated carbocycles. The van der Waals surface area contributed by atoms with E-state index in [-0.39, 0.29) is 11.1 Å². The first kappa shape index (κ1) is 11.1. The van der Waals surface area contributed by atoms with Gasteiger partial charge in [-0.3, -0.25) is 0 Å². The van der Waals surface area contributed by atoms with E-state index in [0.717, 1.165) is 16.6 Å². The highest BCUT2D eigenvalue weighted by Gasteiger charge is 2.10. The molecule has 0 bridgehead atoms. The first-order valence-corrected chi connectivity index (χ1v) is 5.66. The zero-order valence-electron chi connectivity index (χ0n) is 9.43. The highest BCUT2D eigenvalue weighted by molar-refractivity contribution is 6.28. The van der Waals surface area contributed by atoms with Gasteiger partial charge in [-0.05, 0) is 42.3 Å². The van der Waals surface area contributed by atoms with Gasteiger partial charge in [0.05, 0.1) is 17.3 Å². The third-order valence-electron chi connectivity index (χ3n) is 2.67. The SMILES string of the molecule is Cc1cc(F)ccc1-n1ncc2cnc(Cl)nc21. The second-order valence-corrected chi connectivity index (χ2v) is 4.24. The van der Waals surface area contributed by atoms with Crippen LogP contribution in [0, 0.1) is 12.7 Å². The minimum atomic E-state index is -0.277. The summed E-state index contributed by atoms with van der Waals surface area (Å²) in [4.78, 5) is 8.03. The molecule has 0 saturated heterocycles. The van der Waals surface area contributed by atoms with Gasteiger partial charge in [-0.15, -0.1) is 0 Å². The van der Waals surface area contributed by atoms with E-state index >= 15 is 0 Å². The number of halogens is 2. The molecule has 4 nitrogen and oxygen atoms in total. The fraction of sp³-hybridized carbons (Fsp3) is 0.0833. The van der Waals surface area contributed by atoms with Gasteiger partial charge in [0.15, 0.2) is 5.65 Å². The Morgan fingerprint density at radius 2 is 2.11 bits per heavy atom. The minimum Gasteiger partial charge on any atom is -0.226 e. The summed E-state index contributed by atoms with van der Waals surface area (Å²) < 4.78 is 14.7. The molecule has 0 aliphatic rings. The summed E-state index contributed by atoms with van der Waals surface area (Å²) in [5, 5.41) is 5.17. The molecule has 2 heterocycles. The molecule has 90 valence electrons. The normalized spacial score (nSPS) is 11.1. The van der Waals surface area contributed by atoms with Gasteiger partial charge in [-0.1, -0.05) is 0 Å². The van der Waals surface area contributed by atoms with Crippen LogP contribution in [0.3, 0.4) is 0 Å². The van der Waals surface area contributed by atoms with Crippen molar-refractivity contribution in [1.82, 2.24) is 19.7 Å². The average molecular weight is 263 g/mol. The fourth-order valence-electron chi connectivity index (χ4n) is 1.83. The number of rotatable bonds is 1. The van der Waals surface area contributed by atoms with E-state index in [1.54, 1.807) is 23.1 Å². The second-order valence-electron chi connectivity index (χ2n) is 3.91. The first-order chi connectivity index (χ1) is 8.65. The van der Waals surface area contributed by atoms with Crippen LogP contribution >= 0.6 is 11.6 Å². The van der Waals surface area contributed by atoms with Crippen molar-refractivity contribution in [3.05, 3.63) is 47.3 Å². The maximum Gasteiger partial charge on any atom is 0.224 e. The Bertz CT molecular complexity index is 738. The van der Waals surface area contributed by atoms with Gasteiger partial charge in [0.25, 0.3) is 0 Å². The predicted octanol–water partition coefficient (Wildman–Crippen LogP) is 2.92. The van der Waals surface area contributed by atoms with Crippen molar-refractivity contribution < 1.29 is 4.39 Å². The van der Waals surface area contributed by atoms with Crippen molar-refractivity contribution >= 4 is 22.6 Å². The van der Waals surface area contributed by atoms with Crippen molar-refractivity contribution in [2.75, 3.05) is 0 Å².